The van der Waals surface area contributed by atoms with Crippen LogP contribution in [-0.4, -0.2) is 33.7 Å². The SMILES string of the molecule is Cc1nn(C)c(C)c1/C=C/C(=O)NCc1ccccc1CN1CCCC1. The maximum absolute atomic E-state index is 12.2. The number of aryl methyl sites for hydroxylation is 2. The summed E-state index contributed by atoms with van der Waals surface area (Å²) in [4.78, 5) is 14.7. The summed E-state index contributed by atoms with van der Waals surface area (Å²) in [5.41, 5.74) is 5.50. The molecule has 0 bridgehead atoms. The standard InChI is InChI=1S/C21H28N4O/c1-16-20(17(2)24(3)23-16)10-11-21(26)22-14-18-8-4-5-9-19(18)15-25-12-6-7-13-25/h4-5,8-11H,6-7,12-15H2,1-3H3,(H,22,26)/b11-10+. The molecule has 0 spiro atoms. The quantitative estimate of drug-likeness (QED) is 0.813. The third-order valence-electron chi connectivity index (χ3n) is 5.13. The first-order valence-electron chi connectivity index (χ1n) is 9.30. The molecule has 0 radical (unpaired) electrons. The molecule has 1 aromatic carbocycles. The van der Waals surface area contributed by atoms with Gasteiger partial charge in [-0.3, -0.25) is 14.4 Å². The first kappa shape index (κ1) is 18.4. The number of hydrogen-bond acceptors (Lipinski definition) is 3. The molecule has 1 saturated heterocycles. The van der Waals surface area contributed by atoms with Crippen molar-refractivity contribution in [1.82, 2.24) is 20.0 Å². The Morgan fingerprint density at radius 2 is 1.88 bits per heavy atom. The van der Waals surface area contributed by atoms with Crippen LogP contribution < -0.4 is 5.32 Å². The topological polar surface area (TPSA) is 50.2 Å². The highest BCUT2D eigenvalue weighted by molar-refractivity contribution is 5.92. The maximum atomic E-state index is 12.2. The van der Waals surface area contributed by atoms with Gasteiger partial charge in [0.15, 0.2) is 0 Å². The van der Waals surface area contributed by atoms with E-state index in [0.29, 0.717) is 6.54 Å². The number of hydrogen-bond donors (Lipinski definition) is 1. The van der Waals surface area contributed by atoms with Gasteiger partial charge in [0.25, 0.3) is 0 Å². The molecule has 138 valence electrons. The minimum Gasteiger partial charge on any atom is -0.348 e. The van der Waals surface area contributed by atoms with Gasteiger partial charge in [-0.1, -0.05) is 24.3 Å². The largest absolute Gasteiger partial charge is 0.348 e. The summed E-state index contributed by atoms with van der Waals surface area (Å²) in [7, 11) is 1.91. The van der Waals surface area contributed by atoms with E-state index in [4.69, 9.17) is 0 Å². The van der Waals surface area contributed by atoms with E-state index >= 15 is 0 Å². The molecule has 0 aliphatic carbocycles. The second-order valence-corrected chi connectivity index (χ2v) is 7.01. The van der Waals surface area contributed by atoms with Gasteiger partial charge in [-0.05, 0) is 57.0 Å². The lowest BCUT2D eigenvalue weighted by molar-refractivity contribution is -0.116. The van der Waals surface area contributed by atoms with Crippen LogP contribution in [0.25, 0.3) is 6.08 Å². The fraction of sp³-hybridized carbons (Fsp3) is 0.429. The number of aromatic nitrogens is 2. The Bertz CT molecular complexity index is 800. The molecular formula is C21H28N4O. The van der Waals surface area contributed by atoms with Gasteiger partial charge < -0.3 is 5.32 Å². The first-order chi connectivity index (χ1) is 12.5. The molecule has 0 atom stereocenters. The molecule has 0 saturated carbocycles. The fourth-order valence-electron chi connectivity index (χ4n) is 3.50. The number of carbonyl (C=O) groups is 1. The van der Waals surface area contributed by atoms with E-state index < -0.39 is 0 Å². The van der Waals surface area contributed by atoms with Crippen molar-refractivity contribution in [2.45, 2.75) is 39.8 Å². The van der Waals surface area contributed by atoms with Gasteiger partial charge in [0.1, 0.15) is 0 Å². The van der Waals surface area contributed by atoms with Crippen LogP contribution in [0.2, 0.25) is 0 Å². The lowest BCUT2D eigenvalue weighted by Gasteiger charge is -2.17. The molecule has 1 aliphatic rings. The zero-order valence-electron chi connectivity index (χ0n) is 16.0. The molecule has 0 unspecified atom stereocenters. The van der Waals surface area contributed by atoms with Gasteiger partial charge in [-0.15, -0.1) is 0 Å². The molecule has 1 aromatic heterocycles. The molecule has 3 rings (SSSR count). The number of benzene rings is 1. The van der Waals surface area contributed by atoms with E-state index in [9.17, 15) is 4.79 Å². The molecule has 1 aliphatic heterocycles. The van der Waals surface area contributed by atoms with E-state index in [-0.39, 0.29) is 5.91 Å². The number of likely N-dealkylation sites (tertiary alicyclic amines) is 1. The van der Waals surface area contributed by atoms with Crippen molar-refractivity contribution in [3.05, 3.63) is 58.4 Å². The van der Waals surface area contributed by atoms with E-state index in [1.165, 1.54) is 37.1 Å². The Labute approximate surface area is 155 Å². The van der Waals surface area contributed by atoms with Crippen molar-refractivity contribution < 1.29 is 4.79 Å². The van der Waals surface area contributed by atoms with E-state index in [1.54, 1.807) is 6.08 Å². The Morgan fingerprint density at radius 3 is 2.54 bits per heavy atom. The van der Waals surface area contributed by atoms with Crippen molar-refractivity contribution in [3.63, 3.8) is 0 Å². The number of rotatable bonds is 6. The molecule has 1 N–H and O–H groups in total. The smallest absolute Gasteiger partial charge is 0.244 e. The van der Waals surface area contributed by atoms with Crippen LogP contribution in [0.15, 0.2) is 30.3 Å². The molecular weight excluding hydrogens is 324 g/mol. The van der Waals surface area contributed by atoms with Crippen LogP contribution in [0.5, 0.6) is 0 Å². The van der Waals surface area contributed by atoms with Gasteiger partial charge in [0, 0.05) is 37.5 Å². The van der Waals surface area contributed by atoms with Gasteiger partial charge in [0.2, 0.25) is 5.91 Å². The van der Waals surface area contributed by atoms with Gasteiger partial charge in [-0.25, -0.2) is 0 Å². The highest BCUT2D eigenvalue weighted by atomic mass is 16.1. The predicted octanol–water partition coefficient (Wildman–Crippen LogP) is 2.96. The zero-order valence-corrected chi connectivity index (χ0v) is 16.0. The number of carbonyl (C=O) groups excluding carboxylic acids is 1. The highest BCUT2D eigenvalue weighted by Crippen LogP contribution is 2.16. The molecule has 5 heteroatoms. The van der Waals surface area contributed by atoms with Crippen LogP contribution in [0, 0.1) is 13.8 Å². The van der Waals surface area contributed by atoms with Crippen molar-refractivity contribution in [1.29, 1.82) is 0 Å². The fourth-order valence-corrected chi connectivity index (χ4v) is 3.50. The van der Waals surface area contributed by atoms with Crippen molar-refractivity contribution in [2.75, 3.05) is 13.1 Å². The van der Waals surface area contributed by atoms with Crippen LogP contribution in [0.4, 0.5) is 0 Å². The average molecular weight is 352 g/mol. The third-order valence-corrected chi connectivity index (χ3v) is 5.13. The van der Waals surface area contributed by atoms with Crippen LogP contribution >= 0.6 is 0 Å². The second kappa shape index (κ2) is 8.32. The van der Waals surface area contributed by atoms with Gasteiger partial charge in [-0.2, -0.15) is 5.10 Å². The molecule has 26 heavy (non-hydrogen) atoms. The van der Waals surface area contributed by atoms with E-state index in [0.717, 1.165) is 23.5 Å². The Morgan fingerprint density at radius 1 is 1.19 bits per heavy atom. The zero-order chi connectivity index (χ0) is 18.5. The van der Waals surface area contributed by atoms with E-state index in [2.05, 4.69) is 33.5 Å². The second-order valence-electron chi connectivity index (χ2n) is 7.01. The third kappa shape index (κ3) is 4.41. The summed E-state index contributed by atoms with van der Waals surface area (Å²) in [5, 5.41) is 7.38. The maximum Gasteiger partial charge on any atom is 0.244 e. The molecule has 2 heterocycles. The number of amides is 1. The molecule has 1 amide bonds. The van der Waals surface area contributed by atoms with Crippen molar-refractivity contribution >= 4 is 12.0 Å². The van der Waals surface area contributed by atoms with Crippen LogP contribution in [0.1, 0.15) is 40.9 Å². The average Bonchev–Trinajstić information content (AvgIpc) is 3.21. The van der Waals surface area contributed by atoms with E-state index in [1.807, 2.05) is 37.7 Å². The summed E-state index contributed by atoms with van der Waals surface area (Å²) >= 11 is 0. The molecule has 5 nitrogen and oxygen atoms in total. The summed E-state index contributed by atoms with van der Waals surface area (Å²) < 4.78 is 1.83. The summed E-state index contributed by atoms with van der Waals surface area (Å²) in [6.45, 7) is 7.83. The normalized spacial score (nSPS) is 15.0. The molecule has 1 fully saturated rings. The number of nitrogens with one attached hydrogen (secondary N) is 1. The van der Waals surface area contributed by atoms with Crippen molar-refractivity contribution in [2.24, 2.45) is 7.05 Å². The van der Waals surface area contributed by atoms with Gasteiger partial charge >= 0.3 is 0 Å². The lowest BCUT2D eigenvalue weighted by atomic mass is 10.1. The van der Waals surface area contributed by atoms with Crippen LogP contribution in [0.3, 0.4) is 0 Å². The Balaban J connectivity index is 1.60. The lowest BCUT2D eigenvalue weighted by Crippen LogP contribution is -2.23. The van der Waals surface area contributed by atoms with Crippen LogP contribution in [-0.2, 0) is 24.9 Å². The monoisotopic (exact) mass is 352 g/mol. The first-order valence-corrected chi connectivity index (χ1v) is 9.30. The summed E-state index contributed by atoms with van der Waals surface area (Å²) in [5.74, 6) is -0.0800. The molecule has 2 aromatic rings. The highest BCUT2D eigenvalue weighted by Gasteiger charge is 2.13. The Hall–Kier alpha value is -2.40. The summed E-state index contributed by atoms with van der Waals surface area (Å²) in [6, 6.07) is 8.38. The van der Waals surface area contributed by atoms with Crippen molar-refractivity contribution in [3.8, 4) is 0 Å². The number of nitrogens with zero attached hydrogens (tertiary/aromatic N) is 3. The minimum atomic E-state index is -0.0800. The predicted molar refractivity (Wildman–Crippen MR) is 105 cm³/mol. The minimum absolute atomic E-state index is 0.0800. The van der Waals surface area contributed by atoms with Gasteiger partial charge in [0.05, 0.1) is 5.69 Å². The summed E-state index contributed by atoms with van der Waals surface area (Å²) in [6.07, 6.45) is 6.02. The Kier molecular flexibility index (Phi) is 5.89.